The van der Waals surface area contributed by atoms with E-state index in [1.54, 1.807) is 11.6 Å². The van der Waals surface area contributed by atoms with E-state index >= 15 is 0 Å². The van der Waals surface area contributed by atoms with Gasteiger partial charge in [-0.1, -0.05) is 38.5 Å². The number of fused-ring (bicyclic) bond motifs is 1. The molecule has 2 heterocycles. The average Bonchev–Trinajstić information content (AvgIpc) is 2.92. The fourth-order valence-corrected chi connectivity index (χ4v) is 3.15. The van der Waals surface area contributed by atoms with Crippen LogP contribution < -0.4 is 11.2 Å². The molecule has 7 heteroatoms. The molecule has 0 aliphatic rings. The molecule has 0 spiro atoms. The molecule has 0 aliphatic carbocycles. The van der Waals surface area contributed by atoms with Crippen molar-refractivity contribution in [2.45, 2.75) is 64.2 Å². The molecule has 0 fully saturated rings. The average molecular weight is 348 g/mol. The highest BCUT2D eigenvalue weighted by molar-refractivity contribution is 5.70. The van der Waals surface area contributed by atoms with Crippen LogP contribution >= 0.6 is 0 Å². The predicted molar refractivity (Wildman–Crippen MR) is 97.9 cm³/mol. The number of aldehydes is 1. The fraction of sp³-hybridized carbons (Fsp3) is 0.667. The molecular formula is C18H28N4O3. The first-order valence-corrected chi connectivity index (χ1v) is 9.14. The van der Waals surface area contributed by atoms with Gasteiger partial charge in [-0.2, -0.15) is 0 Å². The Morgan fingerprint density at radius 3 is 2.16 bits per heavy atom. The number of rotatable bonds is 11. The molecule has 0 radical (unpaired) electrons. The van der Waals surface area contributed by atoms with E-state index in [4.69, 9.17) is 0 Å². The first-order chi connectivity index (χ1) is 12.1. The van der Waals surface area contributed by atoms with Gasteiger partial charge < -0.3 is 9.36 Å². The summed E-state index contributed by atoms with van der Waals surface area (Å²) in [5.41, 5.74) is 0.0817. The zero-order chi connectivity index (χ0) is 18.2. The lowest BCUT2D eigenvalue weighted by molar-refractivity contribution is -0.107. The van der Waals surface area contributed by atoms with Crippen LogP contribution in [0.2, 0.25) is 0 Å². The molecule has 0 atom stereocenters. The largest absolute Gasteiger partial charge is 0.329 e. The number of H-pyrrole nitrogens is 1. The number of nitrogens with one attached hydrogen (secondary N) is 1. The van der Waals surface area contributed by atoms with Crippen molar-refractivity contribution >= 4 is 17.5 Å². The van der Waals surface area contributed by atoms with Crippen LogP contribution in [0.4, 0.5) is 0 Å². The van der Waals surface area contributed by atoms with Crippen LogP contribution in [0.5, 0.6) is 0 Å². The number of carbonyl (C=O) groups is 1. The number of aryl methyl sites for hydroxylation is 3. The van der Waals surface area contributed by atoms with Crippen molar-refractivity contribution in [1.29, 1.82) is 0 Å². The van der Waals surface area contributed by atoms with E-state index in [0.717, 1.165) is 44.2 Å². The minimum Gasteiger partial charge on any atom is -0.325 e. The monoisotopic (exact) mass is 348 g/mol. The van der Waals surface area contributed by atoms with E-state index in [0.29, 0.717) is 17.6 Å². The Bertz CT molecular complexity index is 816. The topological polar surface area (TPSA) is 89.8 Å². The highest BCUT2D eigenvalue weighted by atomic mass is 16.2. The van der Waals surface area contributed by atoms with Gasteiger partial charge in [0.1, 0.15) is 12.1 Å². The molecule has 0 unspecified atom stereocenters. The first-order valence-electron chi connectivity index (χ1n) is 9.14. The van der Waals surface area contributed by atoms with E-state index in [1.165, 1.54) is 30.3 Å². The predicted octanol–water partition coefficient (Wildman–Crippen LogP) is 2.21. The van der Waals surface area contributed by atoms with E-state index in [1.807, 2.05) is 7.05 Å². The van der Waals surface area contributed by atoms with Crippen molar-refractivity contribution in [2.24, 2.45) is 14.1 Å². The Labute approximate surface area is 147 Å². The molecule has 25 heavy (non-hydrogen) atoms. The summed E-state index contributed by atoms with van der Waals surface area (Å²) in [7, 11) is 3.44. The number of hydrogen-bond donors (Lipinski definition) is 1. The van der Waals surface area contributed by atoms with Crippen molar-refractivity contribution in [2.75, 3.05) is 0 Å². The fourth-order valence-electron chi connectivity index (χ4n) is 3.15. The summed E-state index contributed by atoms with van der Waals surface area (Å²) in [6.45, 7) is 0. The third-order valence-electron chi connectivity index (χ3n) is 4.70. The minimum atomic E-state index is -0.435. The Balaban J connectivity index is 1.78. The number of unbranched alkanes of at least 4 members (excludes halogenated alkanes) is 8. The maximum Gasteiger partial charge on any atom is 0.329 e. The molecule has 0 saturated heterocycles. The molecule has 0 aliphatic heterocycles. The van der Waals surface area contributed by atoms with Crippen LogP contribution in [0, 0.1) is 0 Å². The summed E-state index contributed by atoms with van der Waals surface area (Å²) >= 11 is 0. The van der Waals surface area contributed by atoms with Crippen molar-refractivity contribution in [3.63, 3.8) is 0 Å². The molecule has 2 aromatic rings. The van der Waals surface area contributed by atoms with Crippen molar-refractivity contribution < 1.29 is 4.79 Å². The molecule has 0 amide bonds. The summed E-state index contributed by atoms with van der Waals surface area (Å²) in [5, 5.41) is 0. The molecule has 0 aromatic carbocycles. The maximum atomic E-state index is 12.0. The van der Waals surface area contributed by atoms with Gasteiger partial charge in [-0.25, -0.2) is 9.78 Å². The first kappa shape index (κ1) is 19.1. The van der Waals surface area contributed by atoms with Gasteiger partial charge in [0, 0.05) is 26.9 Å². The third kappa shape index (κ3) is 4.90. The Kier molecular flexibility index (Phi) is 7.16. The second-order valence-corrected chi connectivity index (χ2v) is 6.61. The number of imidazole rings is 1. The highest BCUT2D eigenvalue weighted by Crippen LogP contribution is 2.13. The second kappa shape index (κ2) is 9.34. The Morgan fingerprint density at radius 1 is 0.920 bits per heavy atom. The number of nitrogens with zero attached hydrogens (tertiary/aromatic N) is 3. The van der Waals surface area contributed by atoms with Gasteiger partial charge in [-0.05, 0) is 12.8 Å². The van der Waals surface area contributed by atoms with Gasteiger partial charge in [0.25, 0.3) is 5.56 Å². The van der Waals surface area contributed by atoms with Crippen LogP contribution in [0.1, 0.15) is 63.6 Å². The van der Waals surface area contributed by atoms with Gasteiger partial charge in [0.15, 0.2) is 11.2 Å². The number of hydrogen-bond acceptors (Lipinski definition) is 4. The van der Waals surface area contributed by atoms with Crippen LogP contribution in [0.15, 0.2) is 9.59 Å². The molecule has 0 saturated carbocycles. The molecule has 2 rings (SSSR count). The number of aromatic nitrogens is 4. The van der Waals surface area contributed by atoms with Gasteiger partial charge in [-0.15, -0.1) is 0 Å². The van der Waals surface area contributed by atoms with E-state index in [9.17, 15) is 14.4 Å². The molecule has 138 valence electrons. The second-order valence-electron chi connectivity index (χ2n) is 6.61. The summed E-state index contributed by atoms with van der Waals surface area (Å²) in [6, 6.07) is 0. The minimum absolute atomic E-state index is 0.381. The van der Waals surface area contributed by atoms with Crippen LogP contribution in [-0.4, -0.2) is 25.4 Å². The van der Waals surface area contributed by atoms with Gasteiger partial charge >= 0.3 is 5.69 Å². The van der Waals surface area contributed by atoms with E-state index in [2.05, 4.69) is 9.97 Å². The van der Waals surface area contributed by atoms with E-state index < -0.39 is 5.69 Å². The molecular weight excluding hydrogens is 320 g/mol. The SMILES string of the molecule is Cn1c(CCCCCCCCCCC=O)nc2c1c(=O)[nH]c(=O)n2C. The highest BCUT2D eigenvalue weighted by Gasteiger charge is 2.14. The quantitative estimate of drug-likeness (QED) is 0.498. The lowest BCUT2D eigenvalue weighted by Gasteiger charge is -2.03. The molecule has 1 N–H and O–H groups in total. The van der Waals surface area contributed by atoms with Crippen molar-refractivity contribution in [3.8, 4) is 0 Å². The Morgan fingerprint density at radius 2 is 1.52 bits per heavy atom. The summed E-state index contributed by atoms with van der Waals surface area (Å²) in [5.74, 6) is 0.843. The van der Waals surface area contributed by atoms with Gasteiger partial charge in [-0.3, -0.25) is 14.3 Å². The smallest absolute Gasteiger partial charge is 0.325 e. The Hall–Kier alpha value is -2.18. The zero-order valence-corrected chi connectivity index (χ0v) is 15.2. The van der Waals surface area contributed by atoms with Crippen LogP contribution in [0.25, 0.3) is 11.2 Å². The van der Waals surface area contributed by atoms with Gasteiger partial charge in [0.05, 0.1) is 0 Å². The standard InChI is InChI=1S/C18H28N4O3/c1-21-14(12-10-8-6-4-3-5-7-9-11-13-23)19-16-15(21)17(24)20-18(25)22(16)2/h13H,3-12H2,1-2H3,(H,20,24,25). The van der Waals surface area contributed by atoms with E-state index in [-0.39, 0.29) is 5.56 Å². The third-order valence-corrected chi connectivity index (χ3v) is 4.70. The number of aromatic amines is 1. The lowest BCUT2D eigenvalue weighted by atomic mass is 10.1. The number of carbonyl (C=O) groups excluding carboxylic acids is 1. The molecule has 2 aromatic heterocycles. The van der Waals surface area contributed by atoms with Crippen LogP contribution in [-0.2, 0) is 25.3 Å². The summed E-state index contributed by atoms with van der Waals surface area (Å²) in [4.78, 5) is 40.7. The summed E-state index contributed by atoms with van der Waals surface area (Å²) in [6.07, 6.45) is 11.6. The molecule has 0 bridgehead atoms. The van der Waals surface area contributed by atoms with Crippen molar-refractivity contribution in [1.82, 2.24) is 19.1 Å². The van der Waals surface area contributed by atoms with Crippen molar-refractivity contribution in [3.05, 3.63) is 26.7 Å². The normalized spacial score (nSPS) is 11.3. The summed E-state index contributed by atoms with van der Waals surface area (Å²) < 4.78 is 3.17. The molecule has 7 nitrogen and oxygen atoms in total. The van der Waals surface area contributed by atoms with Crippen LogP contribution in [0.3, 0.4) is 0 Å². The lowest BCUT2D eigenvalue weighted by Crippen LogP contribution is -2.29. The van der Waals surface area contributed by atoms with Gasteiger partial charge in [0.2, 0.25) is 0 Å². The maximum absolute atomic E-state index is 12.0. The zero-order valence-electron chi connectivity index (χ0n) is 15.2.